The van der Waals surface area contributed by atoms with Gasteiger partial charge in [0.25, 0.3) is 5.09 Å². The second-order valence-electron chi connectivity index (χ2n) is 7.59. The maximum absolute atomic E-state index is 13.7. The fourth-order valence-corrected chi connectivity index (χ4v) is 4.14. The first-order valence-corrected chi connectivity index (χ1v) is 9.85. The molecule has 3 aliphatic heterocycles. The molecule has 0 bridgehead atoms. The average molecular weight is 480 g/mol. The Labute approximate surface area is 184 Å². The largest absolute Gasteiger partial charge is 0.475 e. The predicted molar refractivity (Wildman–Crippen MR) is 101 cm³/mol. The number of rotatable bonds is 4. The fourth-order valence-electron chi connectivity index (χ4n) is 3.98. The van der Waals surface area contributed by atoms with E-state index in [1.807, 2.05) is 0 Å². The number of halogens is 4. The molecule has 0 N–H and O–H groups in total. The molecular weight excluding hydrogens is 463 g/mol. The quantitative estimate of drug-likeness (QED) is 0.368. The number of fused-ring (bicyclic) bond motifs is 2. The van der Waals surface area contributed by atoms with Crippen LogP contribution in [0.4, 0.5) is 13.2 Å². The molecule has 5 atom stereocenters. The Kier molecular flexibility index (Phi) is 5.72. The number of hydrogen-bond acceptors (Lipinski definition) is 8. The van der Waals surface area contributed by atoms with Crippen molar-refractivity contribution in [3.63, 3.8) is 0 Å². The molecule has 0 radical (unpaired) electrons. The molecule has 0 aromatic heterocycles. The molecule has 0 saturated carbocycles. The first kappa shape index (κ1) is 22.6. The summed E-state index contributed by atoms with van der Waals surface area (Å²) in [7, 11) is 0. The van der Waals surface area contributed by atoms with E-state index in [0.717, 1.165) is 6.08 Å². The van der Waals surface area contributed by atoms with E-state index in [1.54, 1.807) is 13.8 Å². The molecule has 0 spiro atoms. The van der Waals surface area contributed by atoms with Crippen LogP contribution in [0.5, 0.6) is 5.75 Å². The van der Waals surface area contributed by atoms with Crippen LogP contribution in [0.3, 0.4) is 0 Å². The molecule has 4 rings (SSSR count). The van der Waals surface area contributed by atoms with Crippen molar-refractivity contribution in [2.45, 2.75) is 50.5 Å². The van der Waals surface area contributed by atoms with Crippen LogP contribution in [0, 0.1) is 24.0 Å². The molecule has 3 heterocycles. The van der Waals surface area contributed by atoms with Crippen molar-refractivity contribution in [1.29, 1.82) is 0 Å². The van der Waals surface area contributed by atoms with Crippen molar-refractivity contribution in [2.24, 2.45) is 0 Å². The topological polar surface area (TPSA) is 106 Å². The van der Waals surface area contributed by atoms with Gasteiger partial charge in [-0.05, 0) is 37.1 Å². The molecule has 0 aliphatic carbocycles. The molecule has 9 nitrogen and oxygen atoms in total. The summed E-state index contributed by atoms with van der Waals surface area (Å²) in [5.41, 5.74) is 0.468. The first-order chi connectivity index (χ1) is 15.0. The highest BCUT2D eigenvalue weighted by Crippen LogP contribution is 2.42. The minimum atomic E-state index is -4.90. The molecule has 32 heavy (non-hydrogen) atoms. The predicted octanol–water partition coefficient (Wildman–Crippen LogP) is 2.95. The number of esters is 1. The highest BCUT2D eigenvalue weighted by Gasteiger charge is 2.53. The molecule has 0 amide bonds. The van der Waals surface area contributed by atoms with E-state index < -0.39 is 53.3 Å². The van der Waals surface area contributed by atoms with Crippen LogP contribution in [0.15, 0.2) is 11.6 Å². The molecule has 13 heteroatoms. The van der Waals surface area contributed by atoms with Gasteiger partial charge >= 0.3 is 12.1 Å². The number of benzene rings is 1. The van der Waals surface area contributed by atoms with Crippen LogP contribution >= 0.6 is 11.6 Å². The van der Waals surface area contributed by atoms with E-state index in [2.05, 4.69) is 4.84 Å². The lowest BCUT2D eigenvalue weighted by Crippen LogP contribution is -2.42. The van der Waals surface area contributed by atoms with Crippen molar-refractivity contribution in [1.82, 2.24) is 0 Å². The number of alkyl halides is 3. The van der Waals surface area contributed by atoms with E-state index >= 15 is 0 Å². The number of nitrogens with zero attached hydrogens (tertiary/aromatic N) is 1. The molecule has 2 saturated heterocycles. The Hall–Kier alpha value is -2.57. The minimum Gasteiger partial charge on any atom is -0.475 e. The Balaban J connectivity index is 1.59. The van der Waals surface area contributed by atoms with Gasteiger partial charge in [0.2, 0.25) is 6.10 Å². The van der Waals surface area contributed by atoms with Crippen molar-refractivity contribution < 1.29 is 46.8 Å². The zero-order chi connectivity index (χ0) is 23.4. The first-order valence-electron chi connectivity index (χ1n) is 9.47. The molecule has 1 aromatic carbocycles. The summed E-state index contributed by atoms with van der Waals surface area (Å²) >= 11 is 6.20. The van der Waals surface area contributed by atoms with Gasteiger partial charge in [0, 0.05) is 10.6 Å². The average Bonchev–Trinajstić information content (AvgIpc) is 3.28. The number of hydrogen-bond donors (Lipinski definition) is 0. The van der Waals surface area contributed by atoms with Gasteiger partial charge in [-0.2, -0.15) is 13.2 Å². The Bertz CT molecular complexity index is 998. The normalized spacial score (nSPS) is 28.9. The van der Waals surface area contributed by atoms with E-state index in [1.165, 1.54) is 6.07 Å². The summed E-state index contributed by atoms with van der Waals surface area (Å²) in [5.74, 6) is -1.32. The lowest BCUT2D eigenvalue weighted by molar-refractivity contribution is -0.769. The molecule has 174 valence electrons. The summed E-state index contributed by atoms with van der Waals surface area (Å²) < 4.78 is 62.2. The summed E-state index contributed by atoms with van der Waals surface area (Å²) in [4.78, 5) is 27.8. The number of aryl methyl sites for hydroxylation is 1. The van der Waals surface area contributed by atoms with Crippen molar-refractivity contribution >= 4 is 23.6 Å². The third kappa shape index (κ3) is 3.97. The molecule has 3 aliphatic rings. The third-order valence-corrected chi connectivity index (χ3v) is 6.08. The van der Waals surface area contributed by atoms with Crippen LogP contribution in [-0.4, -0.2) is 61.0 Å². The van der Waals surface area contributed by atoms with E-state index in [4.69, 9.17) is 30.5 Å². The zero-order valence-electron chi connectivity index (χ0n) is 16.7. The second-order valence-corrected chi connectivity index (χ2v) is 7.97. The molecular formula is C19H17ClF3NO8. The van der Waals surface area contributed by atoms with Gasteiger partial charge in [0.15, 0.2) is 12.2 Å². The van der Waals surface area contributed by atoms with Gasteiger partial charge < -0.3 is 23.8 Å². The maximum Gasteiger partial charge on any atom is 0.430 e. The molecule has 2 fully saturated rings. The van der Waals surface area contributed by atoms with Crippen LogP contribution in [-0.2, 0) is 23.8 Å². The monoisotopic (exact) mass is 479 g/mol. The Morgan fingerprint density at radius 2 is 1.84 bits per heavy atom. The van der Waals surface area contributed by atoms with Gasteiger partial charge in [0.05, 0.1) is 18.8 Å². The summed E-state index contributed by atoms with van der Waals surface area (Å²) in [5, 5.41) is 9.90. The summed E-state index contributed by atoms with van der Waals surface area (Å²) in [6, 6.07) is 1.37. The standard InChI is InChI=1S/C19H17ClF3NO8/c1-7-3-11-9(8(2)14(7)20)4-10(17(30-11)19(21,22)23)18(25)31-12-5-28-16-13(32-24(26)27)6-29-15(12)16/h3-4,12-13,15-17H,5-6H2,1-2H3/t12-,13+,15+,16+,17?/m0/s1. The zero-order valence-corrected chi connectivity index (χ0v) is 17.4. The Morgan fingerprint density at radius 3 is 2.47 bits per heavy atom. The van der Waals surface area contributed by atoms with Crippen molar-refractivity contribution in [3.05, 3.63) is 43.5 Å². The van der Waals surface area contributed by atoms with E-state index in [9.17, 15) is 28.1 Å². The maximum atomic E-state index is 13.7. The molecule has 1 aromatic rings. The van der Waals surface area contributed by atoms with E-state index in [-0.39, 0.29) is 24.5 Å². The smallest absolute Gasteiger partial charge is 0.430 e. The Morgan fingerprint density at radius 1 is 1.22 bits per heavy atom. The minimum absolute atomic E-state index is 0.0496. The van der Waals surface area contributed by atoms with Crippen LogP contribution in [0.1, 0.15) is 16.7 Å². The van der Waals surface area contributed by atoms with Gasteiger partial charge in [0.1, 0.15) is 18.0 Å². The van der Waals surface area contributed by atoms with Gasteiger partial charge in [-0.15, -0.1) is 10.1 Å². The van der Waals surface area contributed by atoms with Crippen LogP contribution in [0.2, 0.25) is 5.02 Å². The highest BCUT2D eigenvalue weighted by molar-refractivity contribution is 6.32. The summed E-state index contributed by atoms with van der Waals surface area (Å²) in [6.45, 7) is 2.82. The van der Waals surface area contributed by atoms with Gasteiger partial charge in [-0.25, -0.2) is 4.79 Å². The number of carbonyl (C=O) groups excluding carboxylic acids is 1. The lowest BCUT2D eigenvalue weighted by Gasteiger charge is -2.30. The van der Waals surface area contributed by atoms with Crippen LogP contribution in [0.25, 0.3) is 6.08 Å². The van der Waals surface area contributed by atoms with Crippen molar-refractivity contribution in [3.8, 4) is 5.75 Å². The lowest BCUT2D eigenvalue weighted by atomic mass is 9.96. The molecule has 1 unspecified atom stereocenters. The van der Waals surface area contributed by atoms with Gasteiger partial charge in [-0.3, -0.25) is 0 Å². The SMILES string of the molecule is Cc1cc2c(c(C)c1Cl)C=C(C(=O)O[C@H]1CO[C@H]3[C@@H]1OC[C@H]3O[N+](=O)[O-])C(C(F)(F)F)O2. The fraction of sp³-hybridized carbons (Fsp3) is 0.526. The van der Waals surface area contributed by atoms with Gasteiger partial charge in [-0.1, -0.05) is 11.6 Å². The number of ether oxygens (including phenoxy) is 4. The summed E-state index contributed by atoms with van der Waals surface area (Å²) in [6.07, 6.45) is -10.3. The third-order valence-electron chi connectivity index (χ3n) is 5.50. The number of carbonyl (C=O) groups is 1. The highest BCUT2D eigenvalue weighted by atomic mass is 35.5. The van der Waals surface area contributed by atoms with E-state index in [0.29, 0.717) is 16.1 Å². The second kappa shape index (κ2) is 8.09. The van der Waals surface area contributed by atoms with Crippen LogP contribution < -0.4 is 4.74 Å². The van der Waals surface area contributed by atoms with Crippen molar-refractivity contribution in [2.75, 3.05) is 13.2 Å².